The summed E-state index contributed by atoms with van der Waals surface area (Å²) < 4.78 is 4.81. The number of halogens is 2. The van der Waals surface area contributed by atoms with E-state index < -0.39 is 6.04 Å². The molecule has 1 aliphatic rings. The molecule has 1 atom stereocenters. The van der Waals surface area contributed by atoms with Crippen molar-refractivity contribution in [3.63, 3.8) is 0 Å². The Labute approximate surface area is 116 Å². The molecule has 0 bridgehead atoms. The van der Waals surface area contributed by atoms with E-state index in [0.29, 0.717) is 21.5 Å². The summed E-state index contributed by atoms with van der Waals surface area (Å²) in [6.45, 7) is 0.779. The first-order valence-electron chi connectivity index (χ1n) is 5.88. The molecule has 2 rings (SSSR count). The Balaban J connectivity index is 2.22. The van der Waals surface area contributed by atoms with Crippen molar-refractivity contribution in [1.29, 1.82) is 0 Å². The Morgan fingerprint density at radius 1 is 1.44 bits per heavy atom. The molecule has 0 aliphatic heterocycles. The molecule has 1 aromatic rings. The van der Waals surface area contributed by atoms with Crippen LogP contribution < -0.4 is 5.32 Å². The van der Waals surface area contributed by atoms with E-state index in [4.69, 9.17) is 27.9 Å². The molecule has 98 valence electrons. The number of esters is 1. The standard InChI is InChI=1S/C13H15Cl2NO2/c1-18-13(17)12(16-7-8-5-6-8)11-9(14)3-2-4-10(11)15/h2-4,8,12,16H,5-7H2,1H3. The first-order valence-corrected chi connectivity index (χ1v) is 6.64. The highest BCUT2D eigenvalue weighted by molar-refractivity contribution is 6.36. The molecular formula is C13H15Cl2NO2. The molecule has 1 aromatic carbocycles. The SMILES string of the molecule is COC(=O)C(NCC1CC1)c1c(Cl)cccc1Cl. The Morgan fingerprint density at radius 3 is 2.56 bits per heavy atom. The molecule has 0 heterocycles. The van der Waals surface area contributed by atoms with Gasteiger partial charge in [-0.25, -0.2) is 4.79 Å². The number of benzene rings is 1. The lowest BCUT2D eigenvalue weighted by molar-refractivity contribution is -0.143. The first kappa shape index (κ1) is 13.7. The van der Waals surface area contributed by atoms with Crippen LogP contribution in [0.4, 0.5) is 0 Å². The zero-order valence-electron chi connectivity index (χ0n) is 10.1. The average Bonchev–Trinajstić information content (AvgIpc) is 3.16. The van der Waals surface area contributed by atoms with Crippen LogP contribution in [0.1, 0.15) is 24.4 Å². The van der Waals surface area contributed by atoms with E-state index in [1.807, 2.05) is 0 Å². The molecular weight excluding hydrogens is 273 g/mol. The molecule has 0 spiro atoms. The van der Waals surface area contributed by atoms with Crippen molar-refractivity contribution in [2.24, 2.45) is 5.92 Å². The number of hydrogen-bond donors (Lipinski definition) is 1. The van der Waals surface area contributed by atoms with Gasteiger partial charge in [-0.3, -0.25) is 0 Å². The van der Waals surface area contributed by atoms with Crippen LogP contribution >= 0.6 is 23.2 Å². The summed E-state index contributed by atoms with van der Waals surface area (Å²) in [5.41, 5.74) is 0.591. The molecule has 1 aliphatic carbocycles. The maximum absolute atomic E-state index is 11.8. The van der Waals surface area contributed by atoms with Crippen molar-refractivity contribution >= 4 is 29.2 Å². The van der Waals surface area contributed by atoms with Gasteiger partial charge in [0.15, 0.2) is 0 Å². The zero-order valence-corrected chi connectivity index (χ0v) is 11.6. The number of carbonyl (C=O) groups is 1. The monoisotopic (exact) mass is 287 g/mol. The Hall–Kier alpha value is -0.770. The first-order chi connectivity index (χ1) is 8.63. The molecule has 0 aromatic heterocycles. The molecule has 5 heteroatoms. The molecule has 0 radical (unpaired) electrons. The van der Waals surface area contributed by atoms with Gasteiger partial charge in [-0.05, 0) is 37.4 Å². The number of rotatable bonds is 5. The summed E-state index contributed by atoms with van der Waals surface area (Å²) >= 11 is 12.2. The topological polar surface area (TPSA) is 38.3 Å². The Kier molecular flexibility index (Phi) is 4.49. The molecule has 3 nitrogen and oxygen atoms in total. The normalized spacial score (nSPS) is 16.4. The molecule has 1 unspecified atom stereocenters. The number of carbonyl (C=O) groups excluding carboxylic acids is 1. The molecule has 1 N–H and O–H groups in total. The summed E-state index contributed by atoms with van der Waals surface area (Å²) in [5.74, 6) is 0.282. The van der Waals surface area contributed by atoms with Crippen LogP contribution in [0.2, 0.25) is 10.0 Å². The predicted molar refractivity (Wildman–Crippen MR) is 71.9 cm³/mol. The van der Waals surface area contributed by atoms with Crippen LogP contribution in [0.3, 0.4) is 0 Å². The third-order valence-electron chi connectivity index (χ3n) is 3.03. The smallest absolute Gasteiger partial charge is 0.327 e. The van der Waals surface area contributed by atoms with E-state index >= 15 is 0 Å². The van der Waals surface area contributed by atoms with Gasteiger partial charge in [0.25, 0.3) is 0 Å². The van der Waals surface area contributed by atoms with Gasteiger partial charge in [0.2, 0.25) is 0 Å². The van der Waals surface area contributed by atoms with E-state index in [-0.39, 0.29) is 5.97 Å². The molecule has 0 amide bonds. The second kappa shape index (κ2) is 5.91. The fraction of sp³-hybridized carbons (Fsp3) is 0.462. The van der Waals surface area contributed by atoms with Gasteiger partial charge in [-0.2, -0.15) is 0 Å². The van der Waals surface area contributed by atoms with Gasteiger partial charge in [0.1, 0.15) is 6.04 Å². The van der Waals surface area contributed by atoms with Gasteiger partial charge in [-0.15, -0.1) is 0 Å². The Bertz CT molecular complexity index is 426. The molecule has 0 saturated heterocycles. The van der Waals surface area contributed by atoms with Crippen LogP contribution in [0.5, 0.6) is 0 Å². The number of nitrogens with one attached hydrogen (secondary N) is 1. The summed E-state index contributed by atoms with van der Waals surface area (Å²) in [6, 6.07) is 4.59. The van der Waals surface area contributed by atoms with Crippen molar-refractivity contribution in [2.75, 3.05) is 13.7 Å². The lowest BCUT2D eigenvalue weighted by Gasteiger charge is -2.19. The Morgan fingerprint density at radius 2 is 2.06 bits per heavy atom. The lowest BCUT2D eigenvalue weighted by atomic mass is 10.1. The highest BCUT2D eigenvalue weighted by Gasteiger charge is 2.29. The maximum Gasteiger partial charge on any atom is 0.327 e. The third kappa shape index (κ3) is 3.16. The van der Waals surface area contributed by atoms with Gasteiger partial charge >= 0.3 is 5.97 Å². The second-order valence-corrected chi connectivity index (χ2v) is 5.26. The quantitative estimate of drug-likeness (QED) is 0.845. The second-order valence-electron chi connectivity index (χ2n) is 4.44. The molecule has 18 heavy (non-hydrogen) atoms. The third-order valence-corrected chi connectivity index (χ3v) is 3.69. The molecule has 1 fully saturated rings. The highest BCUT2D eigenvalue weighted by atomic mass is 35.5. The van der Waals surface area contributed by atoms with Crippen molar-refractivity contribution in [3.05, 3.63) is 33.8 Å². The van der Waals surface area contributed by atoms with Crippen molar-refractivity contribution in [1.82, 2.24) is 5.32 Å². The number of methoxy groups -OCH3 is 1. The lowest BCUT2D eigenvalue weighted by Crippen LogP contribution is -2.31. The van der Waals surface area contributed by atoms with Crippen molar-refractivity contribution < 1.29 is 9.53 Å². The molecule has 1 saturated carbocycles. The fourth-order valence-electron chi connectivity index (χ4n) is 1.81. The maximum atomic E-state index is 11.8. The van der Waals surface area contributed by atoms with Crippen molar-refractivity contribution in [2.45, 2.75) is 18.9 Å². The minimum Gasteiger partial charge on any atom is -0.468 e. The fourth-order valence-corrected chi connectivity index (χ4v) is 2.43. The van der Waals surface area contributed by atoms with E-state index in [9.17, 15) is 4.79 Å². The zero-order chi connectivity index (χ0) is 13.1. The van der Waals surface area contributed by atoms with Gasteiger partial charge < -0.3 is 10.1 Å². The largest absolute Gasteiger partial charge is 0.468 e. The number of hydrogen-bond acceptors (Lipinski definition) is 3. The summed E-state index contributed by atoms with van der Waals surface area (Å²) in [5, 5.41) is 4.13. The van der Waals surface area contributed by atoms with Gasteiger partial charge in [0.05, 0.1) is 7.11 Å². The van der Waals surface area contributed by atoms with Gasteiger partial charge in [-0.1, -0.05) is 29.3 Å². The van der Waals surface area contributed by atoms with Crippen molar-refractivity contribution in [3.8, 4) is 0 Å². The van der Waals surface area contributed by atoms with E-state index in [0.717, 1.165) is 6.54 Å². The van der Waals surface area contributed by atoms with E-state index in [2.05, 4.69) is 5.32 Å². The van der Waals surface area contributed by atoms with Crippen LogP contribution in [-0.2, 0) is 9.53 Å². The van der Waals surface area contributed by atoms with E-state index in [1.165, 1.54) is 20.0 Å². The predicted octanol–water partition coefficient (Wildman–Crippen LogP) is 3.21. The minimum atomic E-state index is -0.600. The van der Waals surface area contributed by atoms with Crippen LogP contribution in [0.25, 0.3) is 0 Å². The van der Waals surface area contributed by atoms with Gasteiger partial charge in [0, 0.05) is 15.6 Å². The minimum absolute atomic E-state index is 0.370. The van der Waals surface area contributed by atoms with E-state index in [1.54, 1.807) is 18.2 Å². The van der Waals surface area contributed by atoms with Crippen LogP contribution in [-0.4, -0.2) is 19.6 Å². The summed E-state index contributed by atoms with van der Waals surface area (Å²) in [7, 11) is 1.36. The highest BCUT2D eigenvalue weighted by Crippen LogP contribution is 2.33. The number of ether oxygens (including phenoxy) is 1. The van der Waals surface area contributed by atoms with Crippen LogP contribution in [0, 0.1) is 5.92 Å². The summed E-state index contributed by atoms with van der Waals surface area (Å²) in [6.07, 6.45) is 2.41. The summed E-state index contributed by atoms with van der Waals surface area (Å²) in [4.78, 5) is 11.8. The average molecular weight is 288 g/mol. The van der Waals surface area contributed by atoms with Crippen LogP contribution in [0.15, 0.2) is 18.2 Å².